The highest BCUT2D eigenvalue weighted by molar-refractivity contribution is 7.17. The number of aromatic carboxylic acids is 1. The smallest absolute Gasteiger partial charge is 0.357 e. The van der Waals surface area contributed by atoms with Crippen LogP contribution in [0.3, 0.4) is 0 Å². The van der Waals surface area contributed by atoms with Gasteiger partial charge in [-0.3, -0.25) is 9.59 Å². The van der Waals surface area contributed by atoms with Gasteiger partial charge in [0.15, 0.2) is 5.69 Å². The van der Waals surface area contributed by atoms with Crippen molar-refractivity contribution in [1.82, 2.24) is 9.78 Å². The molecule has 0 radical (unpaired) electrons. The van der Waals surface area contributed by atoms with Crippen LogP contribution in [0.5, 0.6) is 0 Å². The van der Waals surface area contributed by atoms with Gasteiger partial charge in [0.2, 0.25) is 5.91 Å². The molecule has 2 N–H and O–H groups in total. The van der Waals surface area contributed by atoms with Crippen LogP contribution in [0.25, 0.3) is 10.8 Å². The Morgan fingerprint density at radius 2 is 1.97 bits per heavy atom. The van der Waals surface area contributed by atoms with Gasteiger partial charge in [0.25, 0.3) is 5.56 Å². The molecule has 154 valence electrons. The lowest BCUT2D eigenvalue weighted by atomic mass is 10.1. The lowest BCUT2D eigenvalue weighted by molar-refractivity contribution is -0.117. The zero-order valence-electron chi connectivity index (χ0n) is 15.9. The average Bonchev–Trinajstić information content (AvgIpc) is 3.30. The molecule has 3 aromatic rings. The molecule has 0 spiro atoms. The molecule has 1 aliphatic carbocycles. The molecule has 0 aliphatic heterocycles. The van der Waals surface area contributed by atoms with E-state index in [9.17, 15) is 24.3 Å². The first-order valence-electron chi connectivity index (χ1n) is 9.16. The second-order valence-corrected chi connectivity index (χ2v) is 7.87. The summed E-state index contributed by atoms with van der Waals surface area (Å²) in [7, 11) is 1.28. The molecular formula is C20H17N3O6S. The summed E-state index contributed by atoms with van der Waals surface area (Å²) in [6, 6.07) is 6.19. The molecule has 0 saturated carbocycles. The number of rotatable bonds is 5. The molecular weight excluding hydrogens is 410 g/mol. The third-order valence-electron chi connectivity index (χ3n) is 4.93. The Morgan fingerprint density at radius 3 is 2.67 bits per heavy atom. The number of aryl methyl sites for hydroxylation is 1. The monoisotopic (exact) mass is 427 g/mol. The molecule has 1 amide bonds. The van der Waals surface area contributed by atoms with E-state index in [-0.39, 0.29) is 16.5 Å². The van der Waals surface area contributed by atoms with Crippen molar-refractivity contribution in [3.05, 3.63) is 56.3 Å². The van der Waals surface area contributed by atoms with Crippen LogP contribution < -0.4 is 10.9 Å². The van der Waals surface area contributed by atoms with Crippen LogP contribution in [0.1, 0.15) is 37.7 Å². The van der Waals surface area contributed by atoms with Gasteiger partial charge in [0.1, 0.15) is 11.5 Å². The Morgan fingerprint density at radius 1 is 1.23 bits per heavy atom. The summed E-state index contributed by atoms with van der Waals surface area (Å²) in [4.78, 5) is 50.1. The second kappa shape index (κ2) is 7.71. The number of hydrogen-bond donors (Lipinski definition) is 2. The number of ether oxygens (including phenoxy) is 1. The van der Waals surface area contributed by atoms with Crippen molar-refractivity contribution in [2.45, 2.75) is 25.8 Å². The van der Waals surface area contributed by atoms with Gasteiger partial charge in [-0.1, -0.05) is 18.2 Å². The van der Waals surface area contributed by atoms with Crippen molar-refractivity contribution in [2.75, 3.05) is 12.4 Å². The van der Waals surface area contributed by atoms with E-state index in [2.05, 4.69) is 10.4 Å². The van der Waals surface area contributed by atoms with E-state index >= 15 is 0 Å². The number of hydrogen-bond acceptors (Lipinski definition) is 7. The van der Waals surface area contributed by atoms with Gasteiger partial charge in [0.05, 0.1) is 18.1 Å². The van der Waals surface area contributed by atoms with Crippen LogP contribution >= 0.6 is 11.3 Å². The first kappa shape index (κ1) is 19.8. The van der Waals surface area contributed by atoms with Crippen molar-refractivity contribution in [2.24, 2.45) is 0 Å². The Balaban J connectivity index is 1.67. The van der Waals surface area contributed by atoms with Gasteiger partial charge in [-0.15, -0.1) is 11.3 Å². The molecule has 9 nitrogen and oxygen atoms in total. The van der Waals surface area contributed by atoms with E-state index in [1.807, 2.05) is 0 Å². The number of methoxy groups -OCH3 is 1. The van der Waals surface area contributed by atoms with Crippen LogP contribution in [0.2, 0.25) is 0 Å². The molecule has 1 aromatic carbocycles. The zero-order chi connectivity index (χ0) is 21.4. The fraction of sp³-hybridized carbons (Fsp3) is 0.250. The molecule has 2 heterocycles. The fourth-order valence-electron chi connectivity index (χ4n) is 3.61. The summed E-state index contributed by atoms with van der Waals surface area (Å²) < 4.78 is 5.67. The number of esters is 1. The van der Waals surface area contributed by atoms with Gasteiger partial charge in [-0.2, -0.15) is 5.10 Å². The Bertz CT molecular complexity index is 1260. The van der Waals surface area contributed by atoms with Gasteiger partial charge in [0, 0.05) is 10.3 Å². The number of nitrogens with one attached hydrogen (secondary N) is 1. The molecule has 4 rings (SSSR count). The number of benzene rings is 1. The number of carboxylic acids is 1. The summed E-state index contributed by atoms with van der Waals surface area (Å²) in [6.07, 6.45) is 2.50. The van der Waals surface area contributed by atoms with Crippen LogP contribution in [-0.4, -0.2) is 39.8 Å². The summed E-state index contributed by atoms with van der Waals surface area (Å²) in [5.74, 6) is -2.43. The van der Waals surface area contributed by atoms with Gasteiger partial charge in [-0.05, 0) is 30.9 Å². The van der Waals surface area contributed by atoms with E-state index < -0.39 is 29.9 Å². The summed E-state index contributed by atoms with van der Waals surface area (Å²) in [5.41, 5.74) is 0.334. The molecule has 0 unspecified atom stereocenters. The second-order valence-electron chi connectivity index (χ2n) is 6.76. The number of anilines is 1. The fourth-order valence-corrected chi connectivity index (χ4v) is 4.91. The molecule has 0 bridgehead atoms. The topological polar surface area (TPSA) is 128 Å². The largest absolute Gasteiger partial charge is 0.476 e. The maximum Gasteiger partial charge on any atom is 0.357 e. The van der Waals surface area contributed by atoms with E-state index in [0.717, 1.165) is 34.4 Å². The van der Waals surface area contributed by atoms with Crippen molar-refractivity contribution in [1.29, 1.82) is 0 Å². The van der Waals surface area contributed by atoms with E-state index in [4.69, 9.17) is 4.74 Å². The van der Waals surface area contributed by atoms with Crippen molar-refractivity contribution in [3.8, 4) is 0 Å². The number of nitrogens with zero attached hydrogens (tertiary/aromatic N) is 2. The minimum absolute atomic E-state index is 0.156. The summed E-state index contributed by atoms with van der Waals surface area (Å²) in [5, 5.41) is 16.7. The Labute approximate surface area is 173 Å². The van der Waals surface area contributed by atoms with Gasteiger partial charge in [-0.25, -0.2) is 14.3 Å². The molecule has 10 heteroatoms. The molecule has 0 fully saturated rings. The van der Waals surface area contributed by atoms with Crippen LogP contribution in [0.15, 0.2) is 29.1 Å². The first-order chi connectivity index (χ1) is 14.4. The highest BCUT2D eigenvalue weighted by Crippen LogP contribution is 2.39. The average molecular weight is 427 g/mol. The number of carbonyl (C=O) groups is 3. The molecule has 0 saturated heterocycles. The normalized spacial score (nSPS) is 12.6. The quantitative estimate of drug-likeness (QED) is 0.597. The third-order valence-corrected chi connectivity index (χ3v) is 6.13. The maximum atomic E-state index is 12.7. The number of aromatic nitrogens is 2. The predicted molar refractivity (Wildman–Crippen MR) is 109 cm³/mol. The number of carboxylic acid groups (broad SMARTS) is 1. The predicted octanol–water partition coefficient (Wildman–Crippen LogP) is 2.07. The van der Waals surface area contributed by atoms with Crippen LogP contribution in [0.4, 0.5) is 5.00 Å². The highest BCUT2D eigenvalue weighted by atomic mass is 32.1. The highest BCUT2D eigenvalue weighted by Gasteiger charge is 2.28. The summed E-state index contributed by atoms with van der Waals surface area (Å²) >= 11 is 1.31. The lowest BCUT2D eigenvalue weighted by Gasteiger charge is -2.10. The van der Waals surface area contributed by atoms with E-state index in [1.54, 1.807) is 12.1 Å². The van der Waals surface area contributed by atoms with Crippen LogP contribution in [0, 0.1) is 0 Å². The number of fused-ring (bicyclic) bond motifs is 2. The first-order valence-corrected chi connectivity index (χ1v) is 9.98. The van der Waals surface area contributed by atoms with E-state index in [1.165, 1.54) is 30.6 Å². The molecule has 2 aromatic heterocycles. The third kappa shape index (κ3) is 3.35. The standard InChI is InChI=1S/C20H17N3O6S/c1-29-20(28)15-12-7-4-8-13(12)30-17(15)21-14(24)9-23-18(25)11-6-3-2-5-10(11)16(22-23)19(26)27/h2-3,5-6H,4,7-9H2,1H3,(H,21,24)(H,26,27). The van der Waals surface area contributed by atoms with Crippen LogP contribution in [-0.2, 0) is 28.9 Å². The molecule has 0 atom stereocenters. The number of carbonyl (C=O) groups excluding carboxylic acids is 2. The SMILES string of the molecule is COC(=O)c1c(NC(=O)Cn2nc(C(=O)O)c3ccccc3c2=O)sc2c1CCC2. The van der Waals surface area contributed by atoms with Gasteiger partial charge >= 0.3 is 11.9 Å². The van der Waals surface area contributed by atoms with Crippen molar-refractivity contribution < 1.29 is 24.2 Å². The summed E-state index contributed by atoms with van der Waals surface area (Å²) in [6.45, 7) is -0.493. The Kier molecular flexibility index (Phi) is 5.08. The Hall–Kier alpha value is -3.53. The minimum atomic E-state index is -1.30. The van der Waals surface area contributed by atoms with E-state index in [0.29, 0.717) is 10.6 Å². The lowest BCUT2D eigenvalue weighted by Crippen LogP contribution is -2.31. The van der Waals surface area contributed by atoms with Gasteiger partial charge < -0.3 is 15.2 Å². The number of amides is 1. The minimum Gasteiger partial charge on any atom is -0.476 e. The zero-order valence-corrected chi connectivity index (χ0v) is 16.7. The molecule has 1 aliphatic rings. The van der Waals surface area contributed by atoms with Crippen molar-refractivity contribution in [3.63, 3.8) is 0 Å². The molecule has 30 heavy (non-hydrogen) atoms. The maximum absolute atomic E-state index is 12.7. The van der Waals surface area contributed by atoms with Crippen molar-refractivity contribution >= 4 is 45.0 Å². The number of thiophene rings is 1.